The number of nitrogens with zero attached hydrogens (tertiary/aromatic N) is 1. The average molecular weight is 262 g/mol. The summed E-state index contributed by atoms with van der Waals surface area (Å²) in [5.41, 5.74) is 2.37. The van der Waals surface area contributed by atoms with Gasteiger partial charge in [-0.1, -0.05) is 6.07 Å². The molecule has 0 spiro atoms. The maximum atomic E-state index is 5.71. The van der Waals surface area contributed by atoms with Crippen molar-refractivity contribution in [3.8, 4) is 5.75 Å². The third-order valence-electron chi connectivity index (χ3n) is 3.74. The van der Waals surface area contributed by atoms with Crippen LogP contribution in [0.15, 0.2) is 18.2 Å². The van der Waals surface area contributed by atoms with E-state index in [1.54, 1.807) is 0 Å². The number of benzene rings is 1. The fourth-order valence-electron chi connectivity index (χ4n) is 2.74. The lowest BCUT2D eigenvalue weighted by atomic mass is 9.98. The Bertz CT molecular complexity index is 406. The Hall–Kier alpha value is -1.22. The number of rotatable bonds is 5. The van der Waals surface area contributed by atoms with Gasteiger partial charge in [0.05, 0.1) is 12.3 Å². The highest BCUT2D eigenvalue weighted by molar-refractivity contribution is 5.57. The summed E-state index contributed by atoms with van der Waals surface area (Å²) in [7, 11) is 2.21. The van der Waals surface area contributed by atoms with Crippen molar-refractivity contribution in [3.05, 3.63) is 23.8 Å². The predicted octanol–water partition coefficient (Wildman–Crippen LogP) is 3.15. The lowest BCUT2D eigenvalue weighted by Crippen LogP contribution is -2.35. The topological polar surface area (TPSA) is 24.5 Å². The summed E-state index contributed by atoms with van der Waals surface area (Å²) < 4.78 is 5.71. The minimum atomic E-state index is 0.713. The Kier molecular flexibility index (Phi) is 5.08. The Morgan fingerprint density at radius 2 is 2.26 bits per heavy atom. The fraction of sp³-hybridized carbons (Fsp3) is 0.625. The van der Waals surface area contributed by atoms with Gasteiger partial charge in [0.25, 0.3) is 0 Å². The van der Waals surface area contributed by atoms with Gasteiger partial charge in [0, 0.05) is 13.1 Å². The van der Waals surface area contributed by atoms with E-state index < -0.39 is 0 Å². The molecular formula is C16H26N2O. The quantitative estimate of drug-likeness (QED) is 0.882. The Morgan fingerprint density at radius 1 is 1.42 bits per heavy atom. The third kappa shape index (κ3) is 4.13. The van der Waals surface area contributed by atoms with Crippen molar-refractivity contribution < 1.29 is 4.74 Å². The van der Waals surface area contributed by atoms with Crippen LogP contribution in [0.4, 0.5) is 5.69 Å². The number of hydrogen-bond acceptors (Lipinski definition) is 3. The number of piperidine rings is 1. The van der Waals surface area contributed by atoms with E-state index in [0.717, 1.165) is 23.9 Å². The molecule has 2 rings (SSSR count). The van der Waals surface area contributed by atoms with Gasteiger partial charge in [0.15, 0.2) is 0 Å². The van der Waals surface area contributed by atoms with Crippen molar-refractivity contribution in [1.82, 2.24) is 4.90 Å². The highest BCUT2D eigenvalue weighted by Crippen LogP contribution is 2.26. The minimum absolute atomic E-state index is 0.713. The molecule has 0 bridgehead atoms. The van der Waals surface area contributed by atoms with Crippen LogP contribution in [-0.4, -0.2) is 38.2 Å². The molecule has 19 heavy (non-hydrogen) atoms. The van der Waals surface area contributed by atoms with E-state index in [4.69, 9.17) is 4.74 Å². The number of likely N-dealkylation sites (tertiary alicyclic amines) is 1. The molecule has 1 fully saturated rings. The van der Waals surface area contributed by atoms with Crippen molar-refractivity contribution in [3.63, 3.8) is 0 Å². The molecule has 1 aromatic carbocycles. The smallest absolute Gasteiger partial charge is 0.142 e. The van der Waals surface area contributed by atoms with Crippen LogP contribution in [0.25, 0.3) is 0 Å². The number of hydrogen-bond donors (Lipinski definition) is 1. The molecule has 1 saturated heterocycles. The second-order valence-electron chi connectivity index (χ2n) is 5.58. The van der Waals surface area contributed by atoms with Crippen molar-refractivity contribution in [2.24, 2.45) is 5.92 Å². The lowest BCUT2D eigenvalue weighted by molar-refractivity contribution is 0.217. The fourth-order valence-corrected chi connectivity index (χ4v) is 2.74. The minimum Gasteiger partial charge on any atom is -0.492 e. The van der Waals surface area contributed by atoms with Crippen molar-refractivity contribution in [1.29, 1.82) is 0 Å². The lowest BCUT2D eigenvalue weighted by Gasteiger charge is -2.30. The highest BCUT2D eigenvalue weighted by atomic mass is 16.5. The second-order valence-corrected chi connectivity index (χ2v) is 5.58. The van der Waals surface area contributed by atoms with Crippen molar-refractivity contribution in [2.75, 3.05) is 38.6 Å². The van der Waals surface area contributed by atoms with Crippen LogP contribution in [0.1, 0.15) is 25.3 Å². The summed E-state index contributed by atoms with van der Waals surface area (Å²) in [6, 6.07) is 6.38. The standard InChI is InChI=1S/C16H26N2O/c1-4-19-16-10-13(2)7-8-15(16)17-11-14-6-5-9-18(3)12-14/h7-8,10,14,17H,4-6,9,11-12H2,1-3H3. The molecule has 0 amide bonds. The monoisotopic (exact) mass is 262 g/mol. The maximum absolute atomic E-state index is 5.71. The van der Waals surface area contributed by atoms with Gasteiger partial charge in [-0.25, -0.2) is 0 Å². The zero-order chi connectivity index (χ0) is 13.7. The second kappa shape index (κ2) is 6.80. The van der Waals surface area contributed by atoms with Crippen LogP contribution < -0.4 is 10.1 Å². The molecule has 1 atom stereocenters. The normalized spacial score (nSPS) is 20.3. The maximum Gasteiger partial charge on any atom is 0.142 e. The van der Waals surface area contributed by atoms with Gasteiger partial charge in [-0.2, -0.15) is 0 Å². The van der Waals surface area contributed by atoms with E-state index in [1.807, 2.05) is 6.92 Å². The molecule has 0 radical (unpaired) electrons. The van der Waals surface area contributed by atoms with E-state index in [1.165, 1.54) is 31.5 Å². The van der Waals surface area contributed by atoms with E-state index in [-0.39, 0.29) is 0 Å². The first-order chi connectivity index (χ1) is 9.19. The van der Waals surface area contributed by atoms with Gasteiger partial charge in [-0.3, -0.25) is 0 Å². The Morgan fingerprint density at radius 3 is 3.00 bits per heavy atom. The van der Waals surface area contributed by atoms with E-state index in [9.17, 15) is 0 Å². The molecule has 1 aromatic rings. The van der Waals surface area contributed by atoms with E-state index in [0.29, 0.717) is 6.61 Å². The molecule has 106 valence electrons. The summed E-state index contributed by atoms with van der Waals surface area (Å²) in [5, 5.41) is 3.56. The molecule has 1 unspecified atom stereocenters. The molecule has 1 aliphatic heterocycles. The van der Waals surface area contributed by atoms with Crippen LogP contribution in [0.5, 0.6) is 5.75 Å². The van der Waals surface area contributed by atoms with Gasteiger partial charge in [-0.05, 0) is 63.9 Å². The first-order valence-corrected chi connectivity index (χ1v) is 7.35. The third-order valence-corrected chi connectivity index (χ3v) is 3.74. The first kappa shape index (κ1) is 14.2. The molecule has 0 aromatic heterocycles. The van der Waals surface area contributed by atoms with E-state index >= 15 is 0 Å². The van der Waals surface area contributed by atoms with E-state index in [2.05, 4.69) is 42.4 Å². The van der Waals surface area contributed by atoms with Crippen LogP contribution in [0, 0.1) is 12.8 Å². The Balaban J connectivity index is 1.94. The number of ether oxygens (including phenoxy) is 1. The van der Waals surface area contributed by atoms with Gasteiger partial charge in [-0.15, -0.1) is 0 Å². The molecule has 3 nitrogen and oxygen atoms in total. The van der Waals surface area contributed by atoms with Gasteiger partial charge in [0.2, 0.25) is 0 Å². The summed E-state index contributed by atoms with van der Waals surface area (Å²) in [5.74, 6) is 1.72. The van der Waals surface area contributed by atoms with Crippen LogP contribution in [-0.2, 0) is 0 Å². The van der Waals surface area contributed by atoms with Crippen molar-refractivity contribution in [2.45, 2.75) is 26.7 Å². The highest BCUT2D eigenvalue weighted by Gasteiger charge is 2.17. The molecule has 1 heterocycles. The summed E-state index contributed by atoms with van der Waals surface area (Å²) in [6.07, 6.45) is 2.64. The zero-order valence-corrected chi connectivity index (χ0v) is 12.4. The van der Waals surface area contributed by atoms with Crippen LogP contribution in [0.3, 0.4) is 0 Å². The molecule has 1 N–H and O–H groups in total. The molecular weight excluding hydrogens is 236 g/mol. The SMILES string of the molecule is CCOc1cc(C)ccc1NCC1CCCN(C)C1. The first-order valence-electron chi connectivity index (χ1n) is 7.35. The largest absolute Gasteiger partial charge is 0.492 e. The van der Waals surface area contributed by atoms with Crippen molar-refractivity contribution >= 4 is 5.69 Å². The molecule has 3 heteroatoms. The zero-order valence-electron chi connectivity index (χ0n) is 12.4. The van der Waals surface area contributed by atoms with Gasteiger partial charge < -0.3 is 15.0 Å². The predicted molar refractivity (Wildman–Crippen MR) is 81.1 cm³/mol. The van der Waals surface area contributed by atoms with Gasteiger partial charge >= 0.3 is 0 Å². The number of aryl methyl sites for hydroxylation is 1. The molecule has 1 aliphatic rings. The summed E-state index contributed by atoms with van der Waals surface area (Å²) >= 11 is 0. The summed E-state index contributed by atoms with van der Waals surface area (Å²) in [4.78, 5) is 2.43. The van der Waals surface area contributed by atoms with Crippen LogP contribution >= 0.6 is 0 Å². The molecule has 0 aliphatic carbocycles. The summed E-state index contributed by atoms with van der Waals surface area (Å²) in [6.45, 7) is 8.32. The number of nitrogens with one attached hydrogen (secondary N) is 1. The number of anilines is 1. The van der Waals surface area contributed by atoms with Crippen LogP contribution in [0.2, 0.25) is 0 Å². The molecule has 0 saturated carbocycles. The average Bonchev–Trinajstić information content (AvgIpc) is 2.38. The van der Waals surface area contributed by atoms with Gasteiger partial charge in [0.1, 0.15) is 5.75 Å². The Labute approximate surface area is 116 Å².